The number of nitrogens with two attached hydrogens (primary N) is 2. The van der Waals surface area contributed by atoms with Crippen LogP contribution >= 0.6 is 11.6 Å². The Labute approximate surface area is 298 Å². The van der Waals surface area contributed by atoms with Crippen LogP contribution in [0.5, 0.6) is 11.5 Å². The van der Waals surface area contributed by atoms with E-state index in [0.29, 0.717) is 53.2 Å². The zero-order valence-electron chi connectivity index (χ0n) is 30.0. The number of allylic oxidation sites excluding steroid dienone is 4. The first kappa shape index (κ1) is 34.8. The molecule has 4 N–H and O–H groups in total. The van der Waals surface area contributed by atoms with Crippen molar-refractivity contribution < 1.29 is 33.4 Å². The van der Waals surface area contributed by atoms with Gasteiger partial charge in [0.1, 0.15) is 18.0 Å². The number of benzene rings is 1. The molecule has 0 aromatic heterocycles. The van der Waals surface area contributed by atoms with Crippen molar-refractivity contribution >= 4 is 41.1 Å². The molecule has 6 aliphatic rings. The molecular weight excluding hydrogens is 658 g/mol. The van der Waals surface area contributed by atoms with E-state index in [1.165, 1.54) is 0 Å². The molecule has 1 aliphatic heterocycles. The maximum atomic E-state index is 14.4. The zero-order valence-corrected chi connectivity index (χ0v) is 30.8. The number of ether oxygens (including phenoxy) is 3. The minimum absolute atomic E-state index is 0.0846. The van der Waals surface area contributed by atoms with E-state index in [-0.39, 0.29) is 47.2 Å². The molecule has 5 aliphatic carbocycles. The third-order valence-electron chi connectivity index (χ3n) is 14.0. The van der Waals surface area contributed by atoms with Crippen LogP contribution < -0.4 is 20.9 Å². The lowest BCUT2D eigenvalue weighted by molar-refractivity contribution is -0.199. The fourth-order valence-corrected chi connectivity index (χ4v) is 11.3. The Morgan fingerprint density at radius 3 is 2.38 bits per heavy atom. The van der Waals surface area contributed by atoms with Crippen LogP contribution in [0.15, 0.2) is 27.7 Å². The van der Waals surface area contributed by atoms with Gasteiger partial charge in [0.2, 0.25) is 5.60 Å². The summed E-state index contributed by atoms with van der Waals surface area (Å²) >= 11 is 6.99. The van der Waals surface area contributed by atoms with Crippen molar-refractivity contribution in [2.24, 2.45) is 56.9 Å². The van der Waals surface area contributed by atoms with Crippen LogP contribution in [0.3, 0.4) is 0 Å². The molecule has 8 unspecified atom stereocenters. The molecule has 50 heavy (non-hydrogen) atoms. The zero-order chi connectivity index (χ0) is 36.3. The largest absolute Gasteiger partial charge is 0.475 e. The molecule has 11 heteroatoms. The van der Waals surface area contributed by atoms with Gasteiger partial charge in [-0.3, -0.25) is 9.59 Å². The Morgan fingerprint density at radius 2 is 1.70 bits per heavy atom. The van der Waals surface area contributed by atoms with Gasteiger partial charge in [0.05, 0.1) is 0 Å². The molecule has 0 bridgehead atoms. The fourth-order valence-electron chi connectivity index (χ4n) is 10.9. The van der Waals surface area contributed by atoms with E-state index in [2.05, 4.69) is 24.9 Å². The van der Waals surface area contributed by atoms with Crippen molar-refractivity contribution in [3.63, 3.8) is 0 Å². The van der Waals surface area contributed by atoms with Crippen LogP contribution in [0, 0.1) is 61.2 Å². The van der Waals surface area contributed by atoms with E-state index >= 15 is 0 Å². The summed E-state index contributed by atoms with van der Waals surface area (Å²) in [5.41, 5.74) is 11.3. The number of carbonyl (C=O) groups excluding carboxylic acids is 4. The van der Waals surface area contributed by atoms with E-state index < -0.39 is 28.6 Å². The normalized spacial score (nSPS) is 37.7. The van der Waals surface area contributed by atoms with E-state index in [9.17, 15) is 19.2 Å². The highest BCUT2D eigenvalue weighted by molar-refractivity contribution is 6.32. The molecular formula is C39H48ClN3O7. The summed E-state index contributed by atoms with van der Waals surface area (Å²) < 4.78 is 18.8. The summed E-state index contributed by atoms with van der Waals surface area (Å²) in [4.78, 5) is 57.2. The van der Waals surface area contributed by atoms with Crippen molar-refractivity contribution in [3.8, 4) is 11.5 Å². The smallest absolute Gasteiger partial charge is 0.351 e. The van der Waals surface area contributed by atoms with Gasteiger partial charge in [0.15, 0.2) is 23.1 Å². The minimum Gasteiger partial charge on any atom is -0.475 e. The average molecular weight is 706 g/mol. The topological polar surface area (TPSA) is 160 Å². The summed E-state index contributed by atoms with van der Waals surface area (Å²) in [6, 6.07) is 0. The summed E-state index contributed by atoms with van der Waals surface area (Å²) in [7, 11) is 0. The third-order valence-corrected chi connectivity index (χ3v) is 14.3. The number of esters is 2. The molecule has 0 radical (unpaired) electrons. The number of fused-ring (bicyclic) bond motifs is 8. The van der Waals surface area contributed by atoms with E-state index in [4.69, 9.17) is 37.3 Å². The first-order valence-corrected chi connectivity index (χ1v) is 18.2. The van der Waals surface area contributed by atoms with E-state index in [1.54, 1.807) is 19.9 Å². The molecule has 3 saturated carbocycles. The summed E-state index contributed by atoms with van der Waals surface area (Å²) in [5.74, 6) is 0.591. The Balaban J connectivity index is 1.16. The van der Waals surface area contributed by atoms with Crippen LogP contribution in [0.4, 0.5) is 0 Å². The standard InChI is InChI=1S/C39H48ClN3O7/c1-18-19(2)33-22(20(3)32(18)48-31(46)17-43-35(41)42)8-12-37(6,49-33)34(47)50-39(21(4)44)13-10-25-23-15-29(40)28-16-30(45)24-14-27(24)38(28,7)26(23)9-11-36(25,39)5/h15-16,23-27H,8-14,17H2,1-7H3,(H4,41,42,43)/t23?,24?,25?,26?,27-,36?,37?,38?,39?/m0/s1. The summed E-state index contributed by atoms with van der Waals surface area (Å²) in [6.45, 7) is 13.0. The second-order valence-electron chi connectivity index (χ2n) is 16.3. The molecule has 7 rings (SSSR count). The predicted molar refractivity (Wildman–Crippen MR) is 188 cm³/mol. The van der Waals surface area contributed by atoms with Crippen molar-refractivity contribution in [2.45, 2.75) is 105 Å². The summed E-state index contributed by atoms with van der Waals surface area (Å²) in [6.07, 6.45) is 8.39. The molecule has 1 aromatic rings. The first-order chi connectivity index (χ1) is 23.4. The summed E-state index contributed by atoms with van der Waals surface area (Å²) in [5, 5.41) is 0.656. The van der Waals surface area contributed by atoms with Crippen molar-refractivity contribution in [2.75, 3.05) is 6.54 Å². The number of ketones is 2. The van der Waals surface area contributed by atoms with Gasteiger partial charge < -0.3 is 25.7 Å². The Bertz CT molecular complexity index is 1850. The van der Waals surface area contributed by atoms with E-state index in [0.717, 1.165) is 47.9 Å². The van der Waals surface area contributed by atoms with Crippen LogP contribution in [0.25, 0.3) is 0 Å². The lowest BCUT2D eigenvalue weighted by atomic mass is 9.47. The number of halogens is 1. The molecule has 0 amide bonds. The van der Waals surface area contributed by atoms with Crippen LogP contribution in [-0.2, 0) is 30.3 Å². The highest BCUT2D eigenvalue weighted by atomic mass is 35.5. The SMILES string of the molecule is CC(=O)C1(OC(=O)C2(C)CCc3c(C)c(OC(=O)CN=C(N)N)c(C)c(C)c3O2)CCC2C3C=C(Cl)C4=CC(=O)C5C[C@@H]5C4(C)C3CCC21C. The number of aliphatic imine (C=N–C) groups is 1. The fraction of sp³-hybridized carbons (Fsp3) is 0.615. The average Bonchev–Trinajstić information content (AvgIpc) is 3.82. The number of Topliss-reactive ketones (excluding diaryl/α,β-unsaturated/α-hetero) is 1. The van der Waals surface area contributed by atoms with Gasteiger partial charge >= 0.3 is 11.9 Å². The van der Waals surface area contributed by atoms with Gasteiger partial charge in [-0.2, -0.15) is 0 Å². The lowest BCUT2D eigenvalue weighted by Crippen LogP contribution is -2.60. The Kier molecular flexibility index (Phi) is 7.94. The van der Waals surface area contributed by atoms with Gasteiger partial charge in [-0.15, -0.1) is 0 Å². The molecule has 0 saturated heterocycles. The second kappa shape index (κ2) is 11.4. The highest BCUT2D eigenvalue weighted by Crippen LogP contribution is 2.72. The Morgan fingerprint density at radius 1 is 1.00 bits per heavy atom. The third kappa shape index (κ3) is 4.76. The van der Waals surface area contributed by atoms with Crippen molar-refractivity contribution in [1.82, 2.24) is 0 Å². The predicted octanol–water partition coefficient (Wildman–Crippen LogP) is 5.48. The number of hydrogen-bond acceptors (Lipinski definition) is 8. The van der Waals surface area contributed by atoms with Gasteiger partial charge in [0, 0.05) is 33.8 Å². The quantitative estimate of drug-likeness (QED) is 0.169. The molecule has 9 atom stereocenters. The van der Waals surface area contributed by atoms with Crippen molar-refractivity contribution in [3.05, 3.63) is 45.0 Å². The molecule has 1 aromatic carbocycles. The number of guanidine groups is 1. The lowest BCUT2D eigenvalue weighted by Gasteiger charge is -2.58. The van der Waals surface area contributed by atoms with Crippen molar-refractivity contribution in [1.29, 1.82) is 0 Å². The maximum absolute atomic E-state index is 14.4. The van der Waals surface area contributed by atoms with Gasteiger partial charge in [-0.1, -0.05) is 31.5 Å². The van der Waals surface area contributed by atoms with Gasteiger partial charge in [-0.25, -0.2) is 14.6 Å². The number of nitrogens with zero attached hydrogens (tertiary/aromatic N) is 1. The van der Waals surface area contributed by atoms with Crippen LogP contribution in [0.2, 0.25) is 0 Å². The second-order valence-corrected chi connectivity index (χ2v) is 16.7. The maximum Gasteiger partial charge on any atom is 0.351 e. The van der Waals surface area contributed by atoms with Gasteiger partial charge in [-0.05, 0) is 125 Å². The Hall–Kier alpha value is -3.66. The highest BCUT2D eigenvalue weighted by Gasteiger charge is 2.71. The first-order valence-electron chi connectivity index (χ1n) is 17.9. The van der Waals surface area contributed by atoms with Gasteiger partial charge in [0.25, 0.3) is 0 Å². The minimum atomic E-state index is -1.34. The monoisotopic (exact) mass is 705 g/mol. The molecule has 268 valence electrons. The van der Waals surface area contributed by atoms with Crippen LogP contribution in [0.1, 0.15) is 88.5 Å². The van der Waals surface area contributed by atoms with Crippen LogP contribution in [-0.4, -0.2) is 47.2 Å². The number of carbonyl (C=O) groups is 4. The number of hydrogen-bond donors (Lipinski definition) is 2. The van der Waals surface area contributed by atoms with E-state index in [1.807, 2.05) is 20.8 Å². The molecule has 3 fully saturated rings. The molecule has 0 spiro atoms. The molecule has 10 nitrogen and oxygen atoms in total. The number of rotatable bonds is 6. The molecule has 1 heterocycles.